The lowest BCUT2D eigenvalue weighted by Crippen LogP contribution is -2.14. The van der Waals surface area contributed by atoms with Crippen LogP contribution in [-0.4, -0.2) is 25.6 Å². The fraction of sp³-hybridized carbons (Fsp3) is 0.118. The van der Waals surface area contributed by atoms with Crippen LogP contribution in [0.1, 0.15) is 22.0 Å². The summed E-state index contributed by atoms with van der Waals surface area (Å²) in [4.78, 5) is 27.1. The SMILES string of the molecule is Cc1nc(C)n(-c2ccccc2NC(=O)c2cccc([N+](=O)[O-])c2)n1. The van der Waals surface area contributed by atoms with Gasteiger partial charge in [-0.05, 0) is 32.0 Å². The Labute approximate surface area is 143 Å². The summed E-state index contributed by atoms with van der Waals surface area (Å²) in [5, 5.41) is 18.0. The lowest BCUT2D eigenvalue weighted by molar-refractivity contribution is -0.384. The van der Waals surface area contributed by atoms with Crippen molar-refractivity contribution in [1.82, 2.24) is 14.8 Å². The van der Waals surface area contributed by atoms with E-state index in [9.17, 15) is 14.9 Å². The van der Waals surface area contributed by atoms with Gasteiger partial charge < -0.3 is 5.32 Å². The number of nitrogens with one attached hydrogen (secondary N) is 1. The lowest BCUT2D eigenvalue weighted by Gasteiger charge is -2.11. The molecule has 25 heavy (non-hydrogen) atoms. The smallest absolute Gasteiger partial charge is 0.270 e. The van der Waals surface area contributed by atoms with Crippen molar-refractivity contribution in [3.8, 4) is 5.69 Å². The normalized spacial score (nSPS) is 10.5. The van der Waals surface area contributed by atoms with Crippen molar-refractivity contribution in [2.24, 2.45) is 0 Å². The second-order valence-corrected chi connectivity index (χ2v) is 5.40. The van der Waals surface area contributed by atoms with Crippen LogP contribution in [0, 0.1) is 24.0 Å². The number of nitro groups is 1. The van der Waals surface area contributed by atoms with Crippen molar-refractivity contribution in [3.63, 3.8) is 0 Å². The molecule has 0 saturated carbocycles. The average molecular weight is 337 g/mol. The van der Waals surface area contributed by atoms with Crippen LogP contribution in [0.2, 0.25) is 0 Å². The molecule has 3 aromatic rings. The Kier molecular flexibility index (Phi) is 4.25. The molecule has 0 fully saturated rings. The Morgan fingerprint density at radius 1 is 1.16 bits per heavy atom. The number of nitrogens with zero attached hydrogens (tertiary/aromatic N) is 4. The second kappa shape index (κ2) is 6.52. The molecule has 1 amide bonds. The van der Waals surface area contributed by atoms with Crippen molar-refractivity contribution in [1.29, 1.82) is 0 Å². The molecular weight excluding hydrogens is 322 g/mol. The molecule has 1 aromatic heterocycles. The van der Waals surface area contributed by atoms with Crippen LogP contribution in [0.5, 0.6) is 0 Å². The first-order chi connectivity index (χ1) is 12.0. The van der Waals surface area contributed by atoms with Crippen molar-refractivity contribution in [2.45, 2.75) is 13.8 Å². The molecule has 0 saturated heterocycles. The minimum absolute atomic E-state index is 0.135. The Bertz CT molecular complexity index is 964. The van der Waals surface area contributed by atoms with E-state index < -0.39 is 10.8 Å². The molecule has 1 N–H and O–H groups in total. The maximum Gasteiger partial charge on any atom is 0.270 e. The third-order valence-corrected chi connectivity index (χ3v) is 3.57. The van der Waals surface area contributed by atoms with Gasteiger partial charge in [-0.15, -0.1) is 0 Å². The van der Waals surface area contributed by atoms with E-state index in [1.807, 2.05) is 19.1 Å². The van der Waals surface area contributed by atoms with Gasteiger partial charge in [0, 0.05) is 17.7 Å². The van der Waals surface area contributed by atoms with E-state index in [1.54, 1.807) is 23.7 Å². The summed E-state index contributed by atoms with van der Waals surface area (Å²) < 4.78 is 1.64. The standard InChI is InChI=1S/C17H15N5O3/c1-11-18-12(2)21(20-11)16-9-4-3-8-15(16)19-17(23)13-6-5-7-14(10-13)22(24)25/h3-10H,1-2H3,(H,19,23). The maximum absolute atomic E-state index is 12.5. The maximum atomic E-state index is 12.5. The fourth-order valence-electron chi connectivity index (χ4n) is 2.47. The highest BCUT2D eigenvalue weighted by atomic mass is 16.6. The van der Waals surface area contributed by atoms with E-state index >= 15 is 0 Å². The molecule has 0 unspecified atom stereocenters. The Balaban J connectivity index is 1.94. The predicted molar refractivity (Wildman–Crippen MR) is 91.9 cm³/mol. The van der Waals surface area contributed by atoms with Gasteiger partial charge in [-0.1, -0.05) is 18.2 Å². The lowest BCUT2D eigenvalue weighted by atomic mass is 10.1. The summed E-state index contributed by atoms with van der Waals surface area (Å²) in [6.07, 6.45) is 0. The summed E-state index contributed by atoms with van der Waals surface area (Å²) in [7, 11) is 0. The molecule has 0 aliphatic carbocycles. The Morgan fingerprint density at radius 2 is 1.92 bits per heavy atom. The number of amides is 1. The first-order valence-corrected chi connectivity index (χ1v) is 7.51. The van der Waals surface area contributed by atoms with E-state index in [4.69, 9.17) is 0 Å². The number of hydrogen-bond donors (Lipinski definition) is 1. The molecular formula is C17H15N5O3. The number of para-hydroxylation sites is 2. The van der Waals surface area contributed by atoms with E-state index in [-0.39, 0.29) is 11.3 Å². The molecule has 0 spiro atoms. The van der Waals surface area contributed by atoms with Gasteiger partial charge in [0.25, 0.3) is 11.6 Å². The van der Waals surface area contributed by atoms with Gasteiger partial charge in [-0.25, -0.2) is 9.67 Å². The minimum Gasteiger partial charge on any atom is -0.320 e. The first-order valence-electron chi connectivity index (χ1n) is 7.51. The number of anilines is 1. The summed E-state index contributed by atoms with van der Waals surface area (Å²) in [6, 6.07) is 12.7. The zero-order valence-corrected chi connectivity index (χ0v) is 13.6. The zero-order chi connectivity index (χ0) is 18.0. The van der Waals surface area contributed by atoms with Gasteiger partial charge in [0.1, 0.15) is 11.6 Å². The average Bonchev–Trinajstić information content (AvgIpc) is 2.93. The highest BCUT2D eigenvalue weighted by Crippen LogP contribution is 2.22. The van der Waals surface area contributed by atoms with E-state index in [1.165, 1.54) is 24.3 Å². The highest BCUT2D eigenvalue weighted by molar-refractivity contribution is 6.05. The van der Waals surface area contributed by atoms with Crippen LogP contribution in [0.15, 0.2) is 48.5 Å². The first kappa shape index (κ1) is 16.3. The molecule has 2 aromatic carbocycles. The minimum atomic E-state index is -0.535. The molecule has 126 valence electrons. The fourth-order valence-corrected chi connectivity index (χ4v) is 2.47. The number of carbonyl (C=O) groups is 1. The quantitative estimate of drug-likeness (QED) is 0.582. The molecule has 8 heteroatoms. The summed E-state index contributed by atoms with van der Waals surface area (Å²) >= 11 is 0. The summed E-state index contributed by atoms with van der Waals surface area (Å²) in [5.74, 6) is 0.873. The molecule has 0 bridgehead atoms. The van der Waals surface area contributed by atoms with Gasteiger partial charge in [0.15, 0.2) is 0 Å². The number of rotatable bonds is 4. The Hall–Kier alpha value is -3.55. The van der Waals surface area contributed by atoms with Crippen LogP contribution in [0.25, 0.3) is 5.69 Å². The van der Waals surface area contributed by atoms with Crippen LogP contribution in [-0.2, 0) is 0 Å². The number of aryl methyl sites for hydroxylation is 2. The zero-order valence-electron chi connectivity index (χ0n) is 13.6. The van der Waals surface area contributed by atoms with E-state index in [0.29, 0.717) is 23.0 Å². The van der Waals surface area contributed by atoms with Crippen LogP contribution in [0.4, 0.5) is 11.4 Å². The van der Waals surface area contributed by atoms with Gasteiger partial charge in [0.2, 0.25) is 0 Å². The van der Waals surface area contributed by atoms with Crippen LogP contribution in [0.3, 0.4) is 0 Å². The molecule has 3 rings (SSSR count). The van der Waals surface area contributed by atoms with Gasteiger partial charge in [-0.3, -0.25) is 14.9 Å². The number of aromatic nitrogens is 3. The number of carbonyl (C=O) groups excluding carboxylic acids is 1. The van der Waals surface area contributed by atoms with Gasteiger partial charge in [0.05, 0.1) is 16.3 Å². The molecule has 0 atom stereocenters. The molecule has 0 aliphatic heterocycles. The van der Waals surface area contributed by atoms with Gasteiger partial charge in [-0.2, -0.15) is 5.10 Å². The predicted octanol–water partition coefficient (Wildman–Crippen LogP) is 3.04. The van der Waals surface area contributed by atoms with E-state index in [0.717, 1.165) is 0 Å². The topological polar surface area (TPSA) is 103 Å². The third-order valence-electron chi connectivity index (χ3n) is 3.57. The summed E-state index contributed by atoms with van der Waals surface area (Å²) in [5.41, 5.74) is 1.27. The van der Waals surface area contributed by atoms with Crippen LogP contribution >= 0.6 is 0 Å². The number of benzene rings is 2. The third kappa shape index (κ3) is 3.37. The number of hydrogen-bond acceptors (Lipinski definition) is 5. The largest absolute Gasteiger partial charge is 0.320 e. The van der Waals surface area contributed by atoms with Crippen molar-refractivity contribution >= 4 is 17.3 Å². The van der Waals surface area contributed by atoms with Crippen molar-refractivity contribution < 1.29 is 9.72 Å². The Morgan fingerprint density at radius 3 is 2.60 bits per heavy atom. The monoisotopic (exact) mass is 337 g/mol. The van der Waals surface area contributed by atoms with Gasteiger partial charge >= 0.3 is 0 Å². The molecule has 0 radical (unpaired) electrons. The van der Waals surface area contributed by atoms with Crippen molar-refractivity contribution in [3.05, 3.63) is 75.9 Å². The molecule has 1 heterocycles. The second-order valence-electron chi connectivity index (χ2n) is 5.40. The van der Waals surface area contributed by atoms with Crippen LogP contribution < -0.4 is 5.32 Å². The molecule has 8 nitrogen and oxygen atoms in total. The number of nitro benzene ring substituents is 1. The summed E-state index contributed by atoms with van der Waals surface area (Å²) in [6.45, 7) is 3.60. The van der Waals surface area contributed by atoms with E-state index in [2.05, 4.69) is 15.4 Å². The highest BCUT2D eigenvalue weighted by Gasteiger charge is 2.15. The van der Waals surface area contributed by atoms with Crippen molar-refractivity contribution in [2.75, 3.05) is 5.32 Å². The number of non-ortho nitro benzene ring substituents is 1. The molecule has 0 aliphatic rings.